The number of nitrogens with zero attached hydrogens (tertiary/aromatic N) is 2. The average Bonchev–Trinajstić information content (AvgIpc) is 2.95. The average molecular weight is 292 g/mol. The number of hydrogen-bond donors (Lipinski definition) is 0. The van der Waals surface area contributed by atoms with Crippen LogP contribution in [0.1, 0.15) is 38.9 Å². The third kappa shape index (κ3) is 4.62. The molecule has 2 heterocycles. The number of carbonyl (C=O) groups is 2. The van der Waals surface area contributed by atoms with Crippen molar-refractivity contribution in [2.45, 2.75) is 39.7 Å². The van der Waals surface area contributed by atoms with Crippen molar-refractivity contribution in [3.8, 4) is 0 Å². The van der Waals surface area contributed by atoms with E-state index in [-0.39, 0.29) is 11.8 Å². The monoisotopic (exact) mass is 292 g/mol. The summed E-state index contributed by atoms with van der Waals surface area (Å²) in [7, 11) is 0. The molecular formula is C16H24N2O3. The summed E-state index contributed by atoms with van der Waals surface area (Å²) in [6.45, 7) is 6.26. The van der Waals surface area contributed by atoms with Gasteiger partial charge in [-0.05, 0) is 30.9 Å². The number of hydrogen-bond acceptors (Lipinski definition) is 3. The number of piperidine rings is 1. The Morgan fingerprint density at radius 1 is 1.48 bits per heavy atom. The lowest BCUT2D eigenvalue weighted by Crippen LogP contribution is -2.41. The second kappa shape index (κ2) is 7.29. The standard InChI is InChI=1S/C16H24N2O3/c1-13-5-3-8-18(11-13)16(20)7-9-17(14(2)19)12-15-6-4-10-21-15/h4,6,10,13H,3,5,7-9,11-12H2,1-2H3. The van der Waals surface area contributed by atoms with Crippen LogP contribution >= 0.6 is 0 Å². The van der Waals surface area contributed by atoms with Crippen LogP contribution < -0.4 is 0 Å². The Labute approximate surface area is 125 Å². The lowest BCUT2D eigenvalue weighted by molar-refractivity contribution is -0.135. The quantitative estimate of drug-likeness (QED) is 0.836. The first-order valence-corrected chi connectivity index (χ1v) is 7.62. The fourth-order valence-corrected chi connectivity index (χ4v) is 2.74. The molecule has 0 radical (unpaired) electrons. The van der Waals surface area contributed by atoms with Gasteiger partial charge in [0.1, 0.15) is 5.76 Å². The maximum absolute atomic E-state index is 12.2. The van der Waals surface area contributed by atoms with Crippen molar-refractivity contribution in [3.63, 3.8) is 0 Å². The normalized spacial score (nSPS) is 18.6. The Morgan fingerprint density at radius 2 is 2.29 bits per heavy atom. The summed E-state index contributed by atoms with van der Waals surface area (Å²) in [5, 5.41) is 0. The van der Waals surface area contributed by atoms with E-state index < -0.39 is 0 Å². The van der Waals surface area contributed by atoms with Crippen LogP contribution in [0.5, 0.6) is 0 Å². The maximum atomic E-state index is 12.2. The summed E-state index contributed by atoms with van der Waals surface area (Å²) in [4.78, 5) is 27.5. The molecule has 1 atom stereocenters. The molecule has 1 saturated heterocycles. The van der Waals surface area contributed by atoms with Gasteiger partial charge in [-0.25, -0.2) is 0 Å². The number of amides is 2. The van der Waals surface area contributed by atoms with Crippen LogP contribution in [0.15, 0.2) is 22.8 Å². The highest BCUT2D eigenvalue weighted by Gasteiger charge is 2.21. The molecule has 0 N–H and O–H groups in total. The number of likely N-dealkylation sites (tertiary alicyclic amines) is 1. The molecule has 1 unspecified atom stereocenters. The van der Waals surface area contributed by atoms with Gasteiger partial charge in [0.2, 0.25) is 11.8 Å². The Bertz CT molecular complexity index is 470. The first-order valence-electron chi connectivity index (χ1n) is 7.62. The van der Waals surface area contributed by atoms with Crippen molar-refractivity contribution in [1.29, 1.82) is 0 Å². The summed E-state index contributed by atoms with van der Waals surface area (Å²) in [5.41, 5.74) is 0. The van der Waals surface area contributed by atoms with Gasteiger partial charge >= 0.3 is 0 Å². The molecule has 2 rings (SSSR count). The molecule has 1 aromatic rings. The number of rotatable bonds is 5. The minimum absolute atomic E-state index is 0.0359. The molecule has 0 bridgehead atoms. The van der Waals surface area contributed by atoms with Crippen LogP contribution in [0, 0.1) is 5.92 Å². The smallest absolute Gasteiger partial charge is 0.224 e. The molecule has 2 amide bonds. The van der Waals surface area contributed by atoms with Crippen LogP contribution in [0.4, 0.5) is 0 Å². The molecule has 0 saturated carbocycles. The van der Waals surface area contributed by atoms with Crippen molar-refractivity contribution in [2.75, 3.05) is 19.6 Å². The summed E-state index contributed by atoms with van der Waals surface area (Å²) in [6, 6.07) is 3.64. The molecule has 1 aromatic heterocycles. The predicted molar refractivity (Wildman–Crippen MR) is 79.4 cm³/mol. The Kier molecular flexibility index (Phi) is 5.42. The molecule has 0 aromatic carbocycles. The first-order chi connectivity index (χ1) is 10.1. The van der Waals surface area contributed by atoms with E-state index >= 15 is 0 Å². The van der Waals surface area contributed by atoms with Crippen LogP contribution in [0.3, 0.4) is 0 Å². The van der Waals surface area contributed by atoms with E-state index in [1.807, 2.05) is 11.0 Å². The van der Waals surface area contributed by atoms with Crippen molar-refractivity contribution >= 4 is 11.8 Å². The summed E-state index contributed by atoms with van der Waals surface area (Å²) in [5.74, 6) is 1.43. The Morgan fingerprint density at radius 3 is 2.90 bits per heavy atom. The van der Waals surface area contributed by atoms with E-state index in [9.17, 15) is 9.59 Å². The van der Waals surface area contributed by atoms with Crippen molar-refractivity contribution in [3.05, 3.63) is 24.2 Å². The number of carbonyl (C=O) groups excluding carboxylic acids is 2. The molecule has 1 aliphatic rings. The maximum Gasteiger partial charge on any atom is 0.224 e. The predicted octanol–water partition coefficient (Wildman–Crippen LogP) is 2.28. The van der Waals surface area contributed by atoms with Gasteiger partial charge in [-0.2, -0.15) is 0 Å². The lowest BCUT2D eigenvalue weighted by Gasteiger charge is -2.31. The molecule has 1 fully saturated rings. The fourth-order valence-electron chi connectivity index (χ4n) is 2.74. The number of furan rings is 1. The molecule has 1 aliphatic heterocycles. The van der Waals surface area contributed by atoms with Gasteiger partial charge in [-0.1, -0.05) is 6.92 Å². The molecule has 116 valence electrons. The Hall–Kier alpha value is -1.78. The lowest BCUT2D eigenvalue weighted by atomic mass is 10.00. The van der Waals surface area contributed by atoms with Crippen LogP contribution in [0.2, 0.25) is 0 Å². The molecule has 5 nitrogen and oxygen atoms in total. The minimum Gasteiger partial charge on any atom is -0.467 e. The topological polar surface area (TPSA) is 53.8 Å². The first kappa shape index (κ1) is 15.6. The van der Waals surface area contributed by atoms with E-state index in [0.29, 0.717) is 25.4 Å². The van der Waals surface area contributed by atoms with Crippen LogP contribution in [-0.2, 0) is 16.1 Å². The second-order valence-electron chi connectivity index (χ2n) is 5.86. The highest BCUT2D eigenvalue weighted by molar-refractivity contribution is 5.78. The third-order valence-corrected chi connectivity index (χ3v) is 3.98. The molecule has 5 heteroatoms. The molecule has 0 spiro atoms. The zero-order valence-corrected chi connectivity index (χ0v) is 12.9. The summed E-state index contributed by atoms with van der Waals surface area (Å²) in [6.07, 6.45) is 4.25. The second-order valence-corrected chi connectivity index (χ2v) is 5.86. The largest absolute Gasteiger partial charge is 0.467 e. The van der Waals surface area contributed by atoms with Gasteiger partial charge < -0.3 is 14.2 Å². The van der Waals surface area contributed by atoms with Gasteiger partial charge in [-0.3, -0.25) is 9.59 Å². The fraction of sp³-hybridized carbons (Fsp3) is 0.625. The van der Waals surface area contributed by atoms with Gasteiger partial charge in [0, 0.05) is 33.0 Å². The van der Waals surface area contributed by atoms with Gasteiger partial charge in [0.15, 0.2) is 0 Å². The van der Waals surface area contributed by atoms with E-state index in [1.165, 1.54) is 13.3 Å². The van der Waals surface area contributed by atoms with Gasteiger partial charge in [-0.15, -0.1) is 0 Å². The summed E-state index contributed by atoms with van der Waals surface area (Å²) >= 11 is 0. The van der Waals surface area contributed by atoms with Crippen molar-refractivity contribution in [2.24, 2.45) is 5.92 Å². The minimum atomic E-state index is -0.0359. The van der Waals surface area contributed by atoms with Gasteiger partial charge in [0.25, 0.3) is 0 Å². The van der Waals surface area contributed by atoms with E-state index in [0.717, 1.165) is 25.3 Å². The highest BCUT2D eigenvalue weighted by atomic mass is 16.3. The highest BCUT2D eigenvalue weighted by Crippen LogP contribution is 2.16. The van der Waals surface area contributed by atoms with Crippen molar-refractivity contribution < 1.29 is 14.0 Å². The molecule has 0 aliphatic carbocycles. The van der Waals surface area contributed by atoms with E-state index in [2.05, 4.69) is 6.92 Å². The molecule has 21 heavy (non-hydrogen) atoms. The van der Waals surface area contributed by atoms with Gasteiger partial charge in [0.05, 0.1) is 12.8 Å². The molecular weight excluding hydrogens is 268 g/mol. The van der Waals surface area contributed by atoms with E-state index in [1.54, 1.807) is 17.2 Å². The van der Waals surface area contributed by atoms with E-state index in [4.69, 9.17) is 4.42 Å². The van der Waals surface area contributed by atoms with Crippen LogP contribution in [-0.4, -0.2) is 41.2 Å². The zero-order valence-electron chi connectivity index (χ0n) is 12.9. The third-order valence-electron chi connectivity index (χ3n) is 3.98. The SMILES string of the molecule is CC(=O)N(CCC(=O)N1CCCC(C)C1)Cc1ccco1. The van der Waals surface area contributed by atoms with Crippen molar-refractivity contribution in [1.82, 2.24) is 9.80 Å². The zero-order chi connectivity index (χ0) is 15.2. The van der Waals surface area contributed by atoms with Crippen LogP contribution in [0.25, 0.3) is 0 Å². The summed E-state index contributed by atoms with van der Waals surface area (Å²) < 4.78 is 5.26. The Balaban J connectivity index is 1.83.